The molecule has 0 aromatic carbocycles. The highest BCUT2D eigenvalue weighted by atomic mass is 16.5. The van der Waals surface area contributed by atoms with Crippen molar-refractivity contribution in [2.45, 2.75) is 58.4 Å². The van der Waals surface area contributed by atoms with Crippen molar-refractivity contribution >= 4 is 17.7 Å². The lowest BCUT2D eigenvalue weighted by molar-refractivity contribution is -0.141. The van der Waals surface area contributed by atoms with Crippen molar-refractivity contribution in [3.05, 3.63) is 41.5 Å². The quantitative estimate of drug-likeness (QED) is 0.346. The monoisotopic (exact) mass is 484 g/mol. The predicted octanol–water partition coefficient (Wildman–Crippen LogP) is 2.22. The summed E-state index contributed by atoms with van der Waals surface area (Å²) in [6.45, 7) is 6.51. The van der Waals surface area contributed by atoms with E-state index >= 15 is 0 Å². The normalized spacial score (nSPS) is 13.6. The highest BCUT2D eigenvalue weighted by Gasteiger charge is 2.19. The number of amides is 1. The molecule has 2 aromatic heterocycles. The van der Waals surface area contributed by atoms with Gasteiger partial charge in [-0.3, -0.25) is 14.7 Å². The van der Waals surface area contributed by atoms with Crippen molar-refractivity contribution in [1.82, 2.24) is 25.2 Å². The first-order valence-electron chi connectivity index (χ1n) is 12.3. The van der Waals surface area contributed by atoms with Crippen LogP contribution >= 0.6 is 0 Å². The van der Waals surface area contributed by atoms with E-state index in [2.05, 4.69) is 37.6 Å². The minimum atomic E-state index is -1.03. The first-order valence-corrected chi connectivity index (χ1v) is 12.3. The van der Waals surface area contributed by atoms with Gasteiger partial charge in [0.2, 0.25) is 11.8 Å². The maximum absolute atomic E-state index is 11.5. The van der Waals surface area contributed by atoms with Crippen LogP contribution in [0.25, 0.3) is 0 Å². The lowest BCUT2D eigenvalue weighted by Gasteiger charge is -2.24. The molecule has 10 nitrogen and oxygen atoms in total. The number of nitrogens with one attached hydrogen (secondary N) is 2. The van der Waals surface area contributed by atoms with E-state index < -0.39 is 12.0 Å². The van der Waals surface area contributed by atoms with E-state index in [1.807, 2.05) is 6.92 Å². The Morgan fingerprint density at radius 2 is 2.06 bits per heavy atom. The van der Waals surface area contributed by atoms with Gasteiger partial charge in [0, 0.05) is 32.3 Å². The number of aromatic nitrogens is 3. The summed E-state index contributed by atoms with van der Waals surface area (Å²) in [6, 6.07) is 3.38. The summed E-state index contributed by atoms with van der Waals surface area (Å²) < 4.78 is 5.72. The average molecular weight is 485 g/mol. The van der Waals surface area contributed by atoms with Crippen molar-refractivity contribution in [2.24, 2.45) is 0 Å². The minimum Gasteiger partial charge on any atom is -0.480 e. The molecule has 0 fully saturated rings. The number of aliphatic carboxylic acids is 1. The van der Waals surface area contributed by atoms with E-state index in [4.69, 9.17) is 9.72 Å². The number of nitrogens with zero attached hydrogens (tertiary/aromatic N) is 4. The van der Waals surface area contributed by atoms with Crippen LogP contribution in [0.5, 0.6) is 5.88 Å². The van der Waals surface area contributed by atoms with Crippen LogP contribution in [0, 0.1) is 6.92 Å². The van der Waals surface area contributed by atoms with Crippen LogP contribution in [0.2, 0.25) is 0 Å². The molecule has 190 valence electrons. The molecule has 3 rings (SSSR count). The van der Waals surface area contributed by atoms with Gasteiger partial charge in [0.15, 0.2) is 0 Å². The fourth-order valence-corrected chi connectivity index (χ4v) is 4.03. The SMILES string of the molecule is CC(=O)NC(CCN(CCCCc1ccc2c(n1)NCCC2)CCOc1cnc(C)cn1)C(=O)O. The Morgan fingerprint density at radius 3 is 2.80 bits per heavy atom. The molecule has 1 aliphatic heterocycles. The van der Waals surface area contributed by atoms with Crippen LogP contribution in [0.15, 0.2) is 24.5 Å². The second-order valence-corrected chi connectivity index (χ2v) is 8.86. The van der Waals surface area contributed by atoms with Gasteiger partial charge in [0.05, 0.1) is 18.1 Å². The molecule has 1 aliphatic rings. The minimum absolute atomic E-state index is 0.317. The van der Waals surface area contributed by atoms with Crippen LogP contribution in [-0.2, 0) is 22.4 Å². The molecule has 0 radical (unpaired) electrons. The van der Waals surface area contributed by atoms with Crippen molar-refractivity contribution in [3.63, 3.8) is 0 Å². The average Bonchev–Trinajstić information content (AvgIpc) is 2.84. The van der Waals surface area contributed by atoms with Crippen LogP contribution in [-0.4, -0.2) is 75.7 Å². The Balaban J connectivity index is 1.49. The number of carboxylic acids is 1. The summed E-state index contributed by atoms with van der Waals surface area (Å²) in [5.74, 6) is 0.101. The second kappa shape index (κ2) is 13.6. The van der Waals surface area contributed by atoms with Crippen molar-refractivity contribution in [1.29, 1.82) is 0 Å². The van der Waals surface area contributed by atoms with Gasteiger partial charge in [-0.05, 0) is 63.6 Å². The van der Waals surface area contributed by atoms with Crippen LogP contribution in [0.1, 0.15) is 49.6 Å². The van der Waals surface area contributed by atoms with E-state index in [1.165, 1.54) is 12.5 Å². The number of carboxylic acid groups (broad SMARTS) is 1. The molecule has 0 spiro atoms. The molecular formula is C25H36N6O4. The Kier molecular flexibility index (Phi) is 10.2. The number of carbonyl (C=O) groups excluding carboxylic acids is 1. The number of rotatable bonds is 14. The molecule has 0 saturated carbocycles. The third kappa shape index (κ3) is 9.12. The van der Waals surface area contributed by atoms with Crippen LogP contribution in [0.4, 0.5) is 5.82 Å². The van der Waals surface area contributed by atoms with Gasteiger partial charge in [-0.15, -0.1) is 0 Å². The van der Waals surface area contributed by atoms with Gasteiger partial charge < -0.3 is 20.5 Å². The number of unbranched alkanes of at least 4 members (excludes halogenated alkanes) is 1. The summed E-state index contributed by atoms with van der Waals surface area (Å²) in [5, 5.41) is 15.3. The van der Waals surface area contributed by atoms with Crippen molar-refractivity contribution < 1.29 is 19.4 Å². The Morgan fingerprint density at radius 1 is 1.20 bits per heavy atom. The summed E-state index contributed by atoms with van der Waals surface area (Å²) in [6.07, 6.45) is 8.60. The lowest BCUT2D eigenvalue weighted by atomic mass is 10.1. The first kappa shape index (κ1) is 26.3. The standard InChI is InChI=1S/C25H36N6O4/c1-18-16-28-23(17-27-18)35-15-14-31(13-10-22(25(33)34)29-19(2)32)12-4-3-7-21-9-8-20-6-5-11-26-24(20)30-21/h8-9,16-17,22H,3-7,10-15H2,1-2H3,(H,26,30)(H,29,32)(H,33,34). The summed E-state index contributed by atoms with van der Waals surface area (Å²) in [4.78, 5) is 38.2. The third-order valence-electron chi connectivity index (χ3n) is 5.93. The molecule has 10 heteroatoms. The van der Waals surface area contributed by atoms with E-state index in [0.717, 1.165) is 62.4 Å². The predicted molar refractivity (Wildman–Crippen MR) is 133 cm³/mol. The van der Waals surface area contributed by atoms with E-state index in [1.54, 1.807) is 12.4 Å². The molecule has 0 bridgehead atoms. The molecular weight excluding hydrogens is 448 g/mol. The lowest BCUT2D eigenvalue weighted by Crippen LogP contribution is -2.42. The number of aryl methyl sites for hydroxylation is 3. The number of hydrogen-bond donors (Lipinski definition) is 3. The number of anilines is 1. The summed E-state index contributed by atoms with van der Waals surface area (Å²) in [5.41, 5.74) is 3.19. The number of hydrogen-bond acceptors (Lipinski definition) is 8. The second-order valence-electron chi connectivity index (χ2n) is 8.86. The third-order valence-corrected chi connectivity index (χ3v) is 5.93. The van der Waals surface area contributed by atoms with E-state index in [9.17, 15) is 14.7 Å². The number of fused-ring (bicyclic) bond motifs is 1. The Bertz CT molecular complexity index is 969. The van der Waals surface area contributed by atoms with Gasteiger partial charge in [-0.25, -0.2) is 14.8 Å². The maximum Gasteiger partial charge on any atom is 0.326 e. The smallest absolute Gasteiger partial charge is 0.326 e. The molecule has 1 amide bonds. The van der Waals surface area contributed by atoms with Gasteiger partial charge in [0.25, 0.3) is 0 Å². The molecule has 35 heavy (non-hydrogen) atoms. The maximum atomic E-state index is 11.5. The Hall–Kier alpha value is -3.27. The molecule has 0 aliphatic carbocycles. The van der Waals surface area contributed by atoms with Gasteiger partial charge in [-0.2, -0.15) is 0 Å². The zero-order valence-electron chi connectivity index (χ0n) is 20.6. The molecule has 2 aromatic rings. The van der Waals surface area contributed by atoms with Gasteiger partial charge >= 0.3 is 5.97 Å². The Labute approximate surface area is 206 Å². The van der Waals surface area contributed by atoms with Crippen molar-refractivity contribution in [2.75, 3.05) is 38.1 Å². The van der Waals surface area contributed by atoms with Gasteiger partial charge in [-0.1, -0.05) is 6.07 Å². The molecule has 3 N–H and O–H groups in total. The van der Waals surface area contributed by atoms with Crippen molar-refractivity contribution in [3.8, 4) is 5.88 Å². The topological polar surface area (TPSA) is 130 Å². The van der Waals surface area contributed by atoms with E-state index in [-0.39, 0.29) is 5.91 Å². The van der Waals surface area contributed by atoms with Crippen LogP contribution in [0.3, 0.4) is 0 Å². The summed E-state index contributed by atoms with van der Waals surface area (Å²) >= 11 is 0. The zero-order chi connectivity index (χ0) is 25.0. The largest absolute Gasteiger partial charge is 0.480 e. The van der Waals surface area contributed by atoms with E-state index in [0.29, 0.717) is 32.0 Å². The molecule has 0 saturated heterocycles. The first-order chi connectivity index (χ1) is 16.9. The highest BCUT2D eigenvalue weighted by Crippen LogP contribution is 2.20. The summed E-state index contributed by atoms with van der Waals surface area (Å²) in [7, 11) is 0. The number of carbonyl (C=O) groups is 2. The molecule has 1 atom stereocenters. The van der Waals surface area contributed by atoms with Crippen LogP contribution < -0.4 is 15.4 Å². The highest BCUT2D eigenvalue weighted by molar-refractivity contribution is 5.82. The molecule has 3 heterocycles. The molecule has 1 unspecified atom stereocenters. The number of pyridine rings is 1. The number of ether oxygens (including phenoxy) is 1. The zero-order valence-corrected chi connectivity index (χ0v) is 20.6. The van der Waals surface area contributed by atoms with Gasteiger partial charge in [0.1, 0.15) is 18.5 Å². The fraction of sp³-hybridized carbons (Fsp3) is 0.560. The fourth-order valence-electron chi connectivity index (χ4n) is 4.03.